The summed E-state index contributed by atoms with van der Waals surface area (Å²) in [5, 5.41) is 2.97. The van der Waals surface area contributed by atoms with E-state index in [0.29, 0.717) is 12.8 Å². The molecule has 1 amide bonds. The van der Waals surface area contributed by atoms with Gasteiger partial charge in [0.2, 0.25) is 0 Å². The van der Waals surface area contributed by atoms with E-state index in [-0.39, 0.29) is 18.5 Å². The van der Waals surface area contributed by atoms with Gasteiger partial charge < -0.3 is 14.8 Å². The fourth-order valence-electron chi connectivity index (χ4n) is 3.68. The van der Waals surface area contributed by atoms with Crippen LogP contribution >= 0.6 is 0 Å². The Hall–Kier alpha value is -2.82. The van der Waals surface area contributed by atoms with E-state index in [0.717, 1.165) is 11.1 Å². The van der Waals surface area contributed by atoms with Crippen LogP contribution in [-0.4, -0.2) is 24.7 Å². The van der Waals surface area contributed by atoms with Crippen molar-refractivity contribution in [2.24, 2.45) is 11.8 Å². The molecule has 1 N–H and O–H groups in total. The maximum absolute atomic E-state index is 12.7. The van der Waals surface area contributed by atoms with Crippen LogP contribution in [0.3, 0.4) is 0 Å². The molecule has 0 heterocycles. The number of amides is 1. The molecule has 0 aliphatic carbocycles. The normalized spacial score (nSPS) is 14.0. The molecule has 0 saturated carbocycles. The van der Waals surface area contributed by atoms with Crippen molar-refractivity contribution >= 4 is 12.1 Å². The first-order chi connectivity index (χ1) is 13.8. The second-order valence-electron chi connectivity index (χ2n) is 7.97. The molecule has 0 aromatic heterocycles. The Labute approximate surface area is 173 Å². The fourth-order valence-corrected chi connectivity index (χ4v) is 3.68. The maximum atomic E-state index is 12.7. The first-order valence-electron chi connectivity index (χ1n) is 9.94. The zero-order chi connectivity index (χ0) is 21.3. The quantitative estimate of drug-likeness (QED) is 0.620. The lowest BCUT2D eigenvalue weighted by molar-refractivity contribution is -0.148. The summed E-state index contributed by atoms with van der Waals surface area (Å²) in [7, 11) is 1.38. The summed E-state index contributed by atoms with van der Waals surface area (Å²) in [6.07, 6.45) is 0.536. The van der Waals surface area contributed by atoms with Crippen molar-refractivity contribution < 1.29 is 19.1 Å². The van der Waals surface area contributed by atoms with Gasteiger partial charge in [0.1, 0.15) is 6.61 Å². The molecule has 0 saturated heterocycles. The zero-order valence-corrected chi connectivity index (χ0v) is 17.7. The molecule has 5 nitrogen and oxygen atoms in total. The van der Waals surface area contributed by atoms with Gasteiger partial charge in [-0.05, 0) is 36.8 Å². The summed E-state index contributed by atoms with van der Waals surface area (Å²) < 4.78 is 10.5. The summed E-state index contributed by atoms with van der Waals surface area (Å²) in [6, 6.07) is 19.2. The highest BCUT2D eigenvalue weighted by atomic mass is 16.5. The van der Waals surface area contributed by atoms with E-state index < -0.39 is 17.6 Å². The van der Waals surface area contributed by atoms with Crippen molar-refractivity contribution in [1.29, 1.82) is 0 Å². The number of nitrogens with one attached hydrogen (secondary N) is 1. The van der Waals surface area contributed by atoms with Crippen LogP contribution in [0, 0.1) is 11.8 Å². The van der Waals surface area contributed by atoms with Crippen LogP contribution in [-0.2, 0) is 27.3 Å². The van der Waals surface area contributed by atoms with Crippen LogP contribution in [0.1, 0.15) is 38.3 Å². The van der Waals surface area contributed by atoms with Crippen molar-refractivity contribution in [2.75, 3.05) is 7.11 Å². The van der Waals surface area contributed by atoms with Gasteiger partial charge in [0.05, 0.1) is 18.6 Å². The van der Waals surface area contributed by atoms with Crippen LogP contribution in [0.4, 0.5) is 4.79 Å². The van der Waals surface area contributed by atoms with Crippen molar-refractivity contribution in [3.05, 3.63) is 71.8 Å². The molecule has 2 aromatic rings. The Morgan fingerprint density at radius 2 is 1.52 bits per heavy atom. The maximum Gasteiger partial charge on any atom is 0.407 e. The van der Waals surface area contributed by atoms with E-state index in [1.807, 2.05) is 67.6 Å². The predicted molar refractivity (Wildman–Crippen MR) is 113 cm³/mol. The van der Waals surface area contributed by atoms with Crippen LogP contribution in [0.5, 0.6) is 0 Å². The lowest BCUT2D eigenvalue weighted by Crippen LogP contribution is -2.55. The molecule has 5 heteroatoms. The molecule has 0 spiro atoms. The van der Waals surface area contributed by atoms with Crippen molar-refractivity contribution in [2.45, 2.75) is 45.8 Å². The number of rotatable bonds is 9. The highest BCUT2D eigenvalue weighted by Crippen LogP contribution is 2.30. The number of alkyl carbamates (subject to hydrolysis) is 1. The average molecular weight is 398 g/mol. The molecular weight excluding hydrogens is 366 g/mol. The molecule has 0 aliphatic rings. The Balaban J connectivity index is 2.19. The minimum Gasteiger partial charge on any atom is -0.469 e. The molecule has 2 rings (SSSR count). The standard InChI is InChI=1S/C24H31NO4/c1-18(2)16-24(3,25-23(27)29-17-20-13-9-6-10-14-20)21(22(26)28-4)15-19-11-7-5-8-12-19/h5-14,18,21H,15-17H2,1-4H3,(H,25,27)/t21-,24+/m1/s1. The van der Waals surface area contributed by atoms with Crippen molar-refractivity contribution in [3.63, 3.8) is 0 Å². The van der Waals surface area contributed by atoms with Gasteiger partial charge in [-0.15, -0.1) is 0 Å². The van der Waals surface area contributed by atoms with Crippen molar-refractivity contribution in [3.8, 4) is 0 Å². The molecular formula is C24H31NO4. The van der Waals surface area contributed by atoms with Gasteiger partial charge in [0, 0.05) is 0 Å². The Kier molecular flexibility index (Phi) is 8.25. The first-order valence-corrected chi connectivity index (χ1v) is 9.94. The van der Waals surface area contributed by atoms with Gasteiger partial charge in [-0.1, -0.05) is 74.5 Å². The second kappa shape index (κ2) is 10.6. The van der Waals surface area contributed by atoms with E-state index in [9.17, 15) is 9.59 Å². The van der Waals surface area contributed by atoms with Gasteiger partial charge in [0.15, 0.2) is 0 Å². The highest BCUT2D eigenvalue weighted by molar-refractivity contribution is 5.76. The molecule has 2 aromatic carbocycles. The zero-order valence-electron chi connectivity index (χ0n) is 17.7. The molecule has 0 unspecified atom stereocenters. The van der Waals surface area contributed by atoms with Gasteiger partial charge in [-0.2, -0.15) is 0 Å². The van der Waals surface area contributed by atoms with Crippen LogP contribution in [0.15, 0.2) is 60.7 Å². The largest absolute Gasteiger partial charge is 0.469 e. The van der Waals surface area contributed by atoms with Gasteiger partial charge in [-0.25, -0.2) is 4.79 Å². The van der Waals surface area contributed by atoms with Crippen molar-refractivity contribution in [1.82, 2.24) is 5.32 Å². The Bertz CT molecular complexity index is 776. The number of methoxy groups -OCH3 is 1. The average Bonchev–Trinajstić information content (AvgIpc) is 2.70. The van der Waals surface area contributed by atoms with E-state index in [4.69, 9.17) is 9.47 Å². The van der Waals surface area contributed by atoms with Gasteiger partial charge in [-0.3, -0.25) is 4.79 Å². The minimum atomic E-state index is -0.815. The highest BCUT2D eigenvalue weighted by Gasteiger charge is 2.42. The van der Waals surface area contributed by atoms with Crippen LogP contribution in [0.25, 0.3) is 0 Å². The third kappa shape index (κ3) is 6.93. The van der Waals surface area contributed by atoms with Crippen LogP contribution < -0.4 is 5.32 Å². The Morgan fingerprint density at radius 1 is 0.966 bits per heavy atom. The molecule has 2 atom stereocenters. The third-order valence-electron chi connectivity index (χ3n) is 4.97. The number of esters is 1. The first kappa shape index (κ1) is 22.5. The molecule has 156 valence electrons. The molecule has 0 bridgehead atoms. The fraction of sp³-hybridized carbons (Fsp3) is 0.417. The predicted octanol–water partition coefficient (Wildman–Crippen LogP) is 4.75. The second-order valence-corrected chi connectivity index (χ2v) is 7.97. The smallest absolute Gasteiger partial charge is 0.407 e. The summed E-state index contributed by atoms with van der Waals surface area (Å²) >= 11 is 0. The molecule has 0 radical (unpaired) electrons. The summed E-state index contributed by atoms with van der Waals surface area (Å²) in [5.41, 5.74) is 1.10. The lowest BCUT2D eigenvalue weighted by Gasteiger charge is -2.38. The van der Waals surface area contributed by atoms with Gasteiger partial charge >= 0.3 is 12.1 Å². The Morgan fingerprint density at radius 3 is 2.03 bits per heavy atom. The van der Waals surface area contributed by atoms with E-state index in [2.05, 4.69) is 19.2 Å². The van der Waals surface area contributed by atoms with Crippen LogP contribution in [0.2, 0.25) is 0 Å². The third-order valence-corrected chi connectivity index (χ3v) is 4.97. The molecule has 0 aliphatic heterocycles. The molecule has 29 heavy (non-hydrogen) atoms. The van der Waals surface area contributed by atoms with E-state index in [1.54, 1.807) is 0 Å². The number of benzene rings is 2. The van der Waals surface area contributed by atoms with E-state index in [1.165, 1.54) is 7.11 Å². The minimum absolute atomic E-state index is 0.173. The number of carbonyl (C=O) groups excluding carboxylic acids is 2. The number of carbonyl (C=O) groups is 2. The SMILES string of the molecule is COC(=O)[C@@H](Cc1ccccc1)[C@](C)(CC(C)C)NC(=O)OCc1ccccc1. The lowest BCUT2D eigenvalue weighted by atomic mass is 9.76. The molecule has 0 fully saturated rings. The summed E-state index contributed by atoms with van der Waals surface area (Å²) in [4.78, 5) is 25.3. The topological polar surface area (TPSA) is 64.6 Å². The summed E-state index contributed by atoms with van der Waals surface area (Å²) in [6.45, 7) is 6.19. The van der Waals surface area contributed by atoms with E-state index >= 15 is 0 Å². The number of ether oxygens (including phenoxy) is 2. The van der Waals surface area contributed by atoms with Gasteiger partial charge in [0.25, 0.3) is 0 Å². The number of hydrogen-bond donors (Lipinski definition) is 1. The monoisotopic (exact) mass is 397 g/mol. The summed E-state index contributed by atoms with van der Waals surface area (Å²) in [5.74, 6) is -0.626. The number of hydrogen-bond acceptors (Lipinski definition) is 4.